The monoisotopic (exact) mass is 241 g/mol. The summed E-state index contributed by atoms with van der Waals surface area (Å²) >= 11 is 7.72. The third-order valence-corrected chi connectivity index (χ3v) is 3.93. The van der Waals surface area contributed by atoms with Crippen molar-refractivity contribution < 1.29 is 4.79 Å². The Labute approximate surface area is 98.6 Å². The predicted octanol–water partition coefficient (Wildman–Crippen LogP) is 2.93. The number of carbonyl (C=O) groups is 1. The molecule has 1 saturated heterocycles. The van der Waals surface area contributed by atoms with Gasteiger partial charge in [0.1, 0.15) is 5.37 Å². The number of thioether (sulfide) groups is 1. The molecule has 1 heterocycles. The number of amides is 1. The van der Waals surface area contributed by atoms with E-state index in [2.05, 4.69) is 0 Å². The van der Waals surface area contributed by atoms with Crippen LogP contribution in [0, 0.1) is 0 Å². The van der Waals surface area contributed by atoms with Crippen LogP contribution in [0.15, 0.2) is 24.3 Å². The topological polar surface area (TPSA) is 20.3 Å². The first kappa shape index (κ1) is 10.8. The van der Waals surface area contributed by atoms with Gasteiger partial charge in [-0.2, -0.15) is 0 Å². The molecule has 0 aliphatic carbocycles. The van der Waals surface area contributed by atoms with Crippen molar-refractivity contribution in [2.45, 2.75) is 12.3 Å². The number of rotatable bonds is 1. The number of hydrogen-bond acceptors (Lipinski definition) is 2. The molecule has 1 aromatic carbocycles. The van der Waals surface area contributed by atoms with Gasteiger partial charge >= 0.3 is 0 Å². The molecular weight excluding hydrogens is 230 g/mol. The SMILES string of the molecule is CC(=O)N1CCS[C@@H]1c1cccc(Cl)c1. The molecule has 1 amide bonds. The van der Waals surface area contributed by atoms with E-state index < -0.39 is 0 Å². The molecule has 2 nitrogen and oxygen atoms in total. The third kappa shape index (κ3) is 2.29. The lowest BCUT2D eigenvalue weighted by atomic mass is 10.2. The van der Waals surface area contributed by atoms with Crippen LogP contribution in [-0.2, 0) is 4.79 Å². The lowest BCUT2D eigenvalue weighted by molar-refractivity contribution is -0.128. The molecule has 1 aliphatic heterocycles. The fraction of sp³-hybridized carbons (Fsp3) is 0.364. The second-order valence-electron chi connectivity index (χ2n) is 3.49. The number of halogens is 1. The minimum atomic E-state index is 0.130. The van der Waals surface area contributed by atoms with Gasteiger partial charge in [0.2, 0.25) is 5.91 Å². The highest BCUT2D eigenvalue weighted by molar-refractivity contribution is 7.99. The van der Waals surface area contributed by atoms with Crippen LogP contribution in [-0.4, -0.2) is 23.1 Å². The number of benzene rings is 1. The Balaban J connectivity index is 2.26. The fourth-order valence-electron chi connectivity index (χ4n) is 1.73. The van der Waals surface area contributed by atoms with E-state index in [4.69, 9.17) is 11.6 Å². The van der Waals surface area contributed by atoms with Gasteiger partial charge in [-0.3, -0.25) is 4.79 Å². The van der Waals surface area contributed by atoms with Gasteiger partial charge in [-0.05, 0) is 17.7 Å². The molecule has 0 radical (unpaired) electrons. The van der Waals surface area contributed by atoms with Gasteiger partial charge in [0.25, 0.3) is 0 Å². The zero-order valence-corrected chi connectivity index (χ0v) is 10.0. The van der Waals surface area contributed by atoms with Gasteiger partial charge in [0.15, 0.2) is 0 Å². The average molecular weight is 242 g/mol. The lowest BCUT2D eigenvalue weighted by Gasteiger charge is -2.22. The van der Waals surface area contributed by atoms with Crippen LogP contribution in [0.3, 0.4) is 0 Å². The minimum absolute atomic E-state index is 0.130. The van der Waals surface area contributed by atoms with E-state index >= 15 is 0 Å². The van der Waals surface area contributed by atoms with Gasteiger partial charge in [-0.15, -0.1) is 11.8 Å². The van der Waals surface area contributed by atoms with Crippen LogP contribution < -0.4 is 0 Å². The highest BCUT2D eigenvalue weighted by Crippen LogP contribution is 2.38. The first-order valence-electron chi connectivity index (χ1n) is 4.83. The maximum atomic E-state index is 11.4. The zero-order valence-electron chi connectivity index (χ0n) is 8.44. The molecule has 0 spiro atoms. The maximum Gasteiger partial charge on any atom is 0.220 e. The molecule has 15 heavy (non-hydrogen) atoms. The van der Waals surface area contributed by atoms with Crippen LogP contribution in [0.25, 0.3) is 0 Å². The molecule has 4 heteroatoms. The molecule has 0 saturated carbocycles. The lowest BCUT2D eigenvalue weighted by Crippen LogP contribution is -2.27. The second kappa shape index (κ2) is 4.45. The predicted molar refractivity (Wildman–Crippen MR) is 64.0 cm³/mol. The Hall–Kier alpha value is -0.670. The summed E-state index contributed by atoms with van der Waals surface area (Å²) in [6.07, 6.45) is 0. The standard InChI is InChI=1S/C11H12ClNOS/c1-8(14)13-5-6-15-11(13)9-3-2-4-10(12)7-9/h2-4,7,11H,5-6H2,1H3/t11-/m1/s1. The normalized spacial score (nSPS) is 20.7. The van der Waals surface area contributed by atoms with Crippen molar-refractivity contribution >= 4 is 29.3 Å². The Morgan fingerprint density at radius 3 is 3.07 bits per heavy atom. The summed E-state index contributed by atoms with van der Waals surface area (Å²) in [5.41, 5.74) is 1.11. The molecule has 0 aromatic heterocycles. The molecule has 1 fully saturated rings. The van der Waals surface area contributed by atoms with Gasteiger partial charge in [-0.1, -0.05) is 23.7 Å². The average Bonchev–Trinajstić information content (AvgIpc) is 2.65. The van der Waals surface area contributed by atoms with E-state index in [9.17, 15) is 4.79 Å². The minimum Gasteiger partial charge on any atom is -0.326 e. The summed E-state index contributed by atoms with van der Waals surface area (Å²) in [5, 5.41) is 0.865. The highest BCUT2D eigenvalue weighted by atomic mass is 35.5. The largest absolute Gasteiger partial charge is 0.326 e. The van der Waals surface area contributed by atoms with E-state index in [-0.39, 0.29) is 11.3 Å². The fourth-order valence-corrected chi connectivity index (χ4v) is 3.23. The molecule has 80 valence electrons. The molecule has 1 aromatic rings. The summed E-state index contributed by atoms with van der Waals surface area (Å²) < 4.78 is 0. The first-order chi connectivity index (χ1) is 7.18. The van der Waals surface area contributed by atoms with Crippen molar-refractivity contribution in [2.24, 2.45) is 0 Å². The van der Waals surface area contributed by atoms with Crippen LogP contribution in [0.1, 0.15) is 17.9 Å². The van der Waals surface area contributed by atoms with E-state index in [0.29, 0.717) is 0 Å². The van der Waals surface area contributed by atoms with Crippen molar-refractivity contribution in [2.75, 3.05) is 12.3 Å². The van der Waals surface area contributed by atoms with Crippen LogP contribution in [0.2, 0.25) is 5.02 Å². The highest BCUT2D eigenvalue weighted by Gasteiger charge is 2.28. The van der Waals surface area contributed by atoms with E-state index in [0.717, 1.165) is 22.9 Å². The molecular formula is C11H12ClNOS. The second-order valence-corrected chi connectivity index (χ2v) is 5.12. The van der Waals surface area contributed by atoms with Crippen molar-refractivity contribution in [1.29, 1.82) is 0 Å². The van der Waals surface area contributed by atoms with Gasteiger partial charge < -0.3 is 4.90 Å². The summed E-state index contributed by atoms with van der Waals surface area (Å²) in [7, 11) is 0. The number of carbonyl (C=O) groups excluding carboxylic acids is 1. The van der Waals surface area contributed by atoms with Crippen LogP contribution in [0.5, 0.6) is 0 Å². The summed E-state index contributed by atoms with van der Waals surface area (Å²) in [6.45, 7) is 2.45. The van der Waals surface area contributed by atoms with Gasteiger partial charge in [-0.25, -0.2) is 0 Å². The molecule has 0 bridgehead atoms. The van der Waals surface area contributed by atoms with E-state index in [1.165, 1.54) is 0 Å². The first-order valence-corrected chi connectivity index (χ1v) is 6.25. The van der Waals surface area contributed by atoms with Gasteiger partial charge in [0.05, 0.1) is 0 Å². The Bertz CT molecular complexity index is 383. The maximum absolute atomic E-state index is 11.4. The number of nitrogens with zero attached hydrogens (tertiary/aromatic N) is 1. The van der Waals surface area contributed by atoms with E-state index in [1.54, 1.807) is 18.7 Å². The third-order valence-electron chi connectivity index (χ3n) is 2.43. The van der Waals surface area contributed by atoms with Crippen LogP contribution >= 0.6 is 23.4 Å². The summed E-state index contributed by atoms with van der Waals surface area (Å²) in [6, 6.07) is 7.73. The Morgan fingerprint density at radius 2 is 2.40 bits per heavy atom. The Morgan fingerprint density at radius 1 is 1.60 bits per heavy atom. The van der Waals surface area contributed by atoms with Crippen LogP contribution in [0.4, 0.5) is 0 Å². The van der Waals surface area contributed by atoms with Crippen molar-refractivity contribution in [3.8, 4) is 0 Å². The van der Waals surface area contributed by atoms with Gasteiger partial charge in [0, 0.05) is 24.2 Å². The number of hydrogen-bond donors (Lipinski definition) is 0. The van der Waals surface area contributed by atoms with Crippen molar-refractivity contribution in [1.82, 2.24) is 4.90 Å². The molecule has 0 N–H and O–H groups in total. The van der Waals surface area contributed by atoms with Crippen molar-refractivity contribution in [3.63, 3.8) is 0 Å². The zero-order chi connectivity index (χ0) is 10.8. The molecule has 1 atom stereocenters. The van der Waals surface area contributed by atoms with Crippen molar-refractivity contribution in [3.05, 3.63) is 34.9 Å². The van der Waals surface area contributed by atoms with E-state index in [1.807, 2.05) is 29.2 Å². The molecule has 2 rings (SSSR count). The molecule has 1 aliphatic rings. The summed E-state index contributed by atoms with van der Waals surface area (Å²) in [4.78, 5) is 13.3. The molecule has 0 unspecified atom stereocenters. The Kier molecular flexibility index (Phi) is 3.22. The summed E-state index contributed by atoms with van der Waals surface area (Å²) in [5.74, 6) is 1.13. The quantitative estimate of drug-likeness (QED) is 0.754. The smallest absolute Gasteiger partial charge is 0.220 e.